The van der Waals surface area contributed by atoms with Gasteiger partial charge < -0.3 is 10.1 Å². The molecule has 3 heterocycles. The largest absolute Gasteiger partial charge is 0.381 e. The average molecular weight is 250 g/mol. The fourth-order valence-corrected chi connectivity index (χ4v) is 2.71. The summed E-state index contributed by atoms with van der Waals surface area (Å²) in [6.45, 7) is 3.72. The second-order valence-corrected chi connectivity index (χ2v) is 4.96. The highest BCUT2D eigenvalue weighted by Crippen LogP contribution is 2.22. The molecule has 0 radical (unpaired) electrons. The number of anilines is 1. The van der Waals surface area contributed by atoms with Crippen LogP contribution >= 0.6 is 0 Å². The zero-order chi connectivity index (χ0) is 12.4. The fraction of sp³-hybridized carbons (Fsp3) is 0.667. The number of aromatic amines is 1. The third kappa shape index (κ3) is 2.54. The van der Waals surface area contributed by atoms with E-state index in [0.717, 1.165) is 18.8 Å². The number of aromatic nitrogens is 2. The van der Waals surface area contributed by atoms with Crippen molar-refractivity contribution in [1.29, 1.82) is 0 Å². The molecule has 0 aliphatic carbocycles. The zero-order valence-electron chi connectivity index (χ0n) is 10.3. The minimum absolute atomic E-state index is 0.191. The summed E-state index contributed by atoms with van der Waals surface area (Å²) in [6.07, 6.45) is 4.35. The maximum atomic E-state index is 11.1. The van der Waals surface area contributed by atoms with Gasteiger partial charge in [0.1, 0.15) is 0 Å². The summed E-state index contributed by atoms with van der Waals surface area (Å²) in [5.41, 5.74) is 0.551. The Morgan fingerprint density at radius 1 is 1.61 bits per heavy atom. The third-order valence-corrected chi connectivity index (χ3v) is 3.66. The molecular formula is C12H18N4O2. The van der Waals surface area contributed by atoms with Gasteiger partial charge in [-0.15, -0.1) is 0 Å². The Morgan fingerprint density at radius 3 is 3.44 bits per heavy atom. The van der Waals surface area contributed by atoms with E-state index in [-0.39, 0.29) is 11.7 Å². The van der Waals surface area contributed by atoms with Crippen LogP contribution in [0.15, 0.2) is 17.1 Å². The molecule has 0 aromatic carbocycles. The van der Waals surface area contributed by atoms with Gasteiger partial charge in [0, 0.05) is 25.2 Å². The Balaban J connectivity index is 1.53. The van der Waals surface area contributed by atoms with Crippen molar-refractivity contribution in [2.45, 2.75) is 25.0 Å². The first-order valence-corrected chi connectivity index (χ1v) is 6.45. The Bertz CT molecular complexity index is 461. The van der Waals surface area contributed by atoms with E-state index in [1.807, 2.05) is 0 Å². The number of rotatable bonds is 3. The number of nitrogens with one attached hydrogen (secondary N) is 2. The maximum Gasteiger partial charge on any atom is 0.266 e. The van der Waals surface area contributed by atoms with Gasteiger partial charge in [0.2, 0.25) is 0 Å². The van der Waals surface area contributed by atoms with Crippen molar-refractivity contribution in [3.8, 4) is 0 Å². The van der Waals surface area contributed by atoms with E-state index in [0.29, 0.717) is 12.6 Å². The minimum Gasteiger partial charge on any atom is -0.381 e. The van der Waals surface area contributed by atoms with Gasteiger partial charge in [-0.05, 0) is 19.4 Å². The highest BCUT2D eigenvalue weighted by atomic mass is 16.5. The van der Waals surface area contributed by atoms with Crippen molar-refractivity contribution in [2.24, 2.45) is 0 Å². The van der Waals surface area contributed by atoms with Crippen molar-refractivity contribution in [3.63, 3.8) is 0 Å². The van der Waals surface area contributed by atoms with E-state index in [1.54, 1.807) is 6.20 Å². The molecule has 2 unspecified atom stereocenters. The maximum absolute atomic E-state index is 11.1. The molecule has 1 aromatic rings. The Hall–Kier alpha value is -1.40. The van der Waals surface area contributed by atoms with Gasteiger partial charge in [-0.25, -0.2) is 5.10 Å². The number of hydrogen-bond acceptors (Lipinski definition) is 5. The first-order valence-electron chi connectivity index (χ1n) is 6.45. The lowest BCUT2D eigenvalue weighted by atomic mass is 10.2. The van der Waals surface area contributed by atoms with Gasteiger partial charge in [-0.2, -0.15) is 5.10 Å². The molecule has 6 heteroatoms. The molecule has 2 aliphatic rings. The number of fused-ring (bicyclic) bond motifs is 1. The highest BCUT2D eigenvalue weighted by Gasteiger charge is 2.31. The second kappa shape index (κ2) is 5.07. The smallest absolute Gasteiger partial charge is 0.266 e. The Kier molecular flexibility index (Phi) is 3.29. The van der Waals surface area contributed by atoms with Gasteiger partial charge in [0.25, 0.3) is 5.56 Å². The van der Waals surface area contributed by atoms with E-state index in [2.05, 4.69) is 20.4 Å². The molecule has 2 saturated heterocycles. The number of nitrogens with zero attached hydrogens (tertiary/aromatic N) is 2. The van der Waals surface area contributed by atoms with Crippen molar-refractivity contribution in [1.82, 2.24) is 15.1 Å². The summed E-state index contributed by atoms with van der Waals surface area (Å²) in [7, 11) is 0. The van der Waals surface area contributed by atoms with Gasteiger partial charge in [-0.3, -0.25) is 9.69 Å². The second-order valence-electron chi connectivity index (χ2n) is 4.96. The molecule has 1 aromatic heterocycles. The highest BCUT2D eigenvalue weighted by molar-refractivity contribution is 5.38. The van der Waals surface area contributed by atoms with Crippen LogP contribution in [0.25, 0.3) is 0 Å². The van der Waals surface area contributed by atoms with E-state index in [4.69, 9.17) is 4.74 Å². The zero-order valence-corrected chi connectivity index (χ0v) is 10.3. The average Bonchev–Trinajstić information content (AvgIpc) is 2.84. The van der Waals surface area contributed by atoms with Crippen LogP contribution in [0.4, 0.5) is 5.69 Å². The minimum atomic E-state index is -0.191. The fourth-order valence-electron chi connectivity index (χ4n) is 2.71. The SMILES string of the molecule is O=c1cc(NCC2CN3CCCC3CO2)cn[nH]1. The van der Waals surface area contributed by atoms with Crippen molar-refractivity contribution < 1.29 is 4.74 Å². The molecule has 3 rings (SSSR count). The van der Waals surface area contributed by atoms with Crippen LogP contribution in [0.3, 0.4) is 0 Å². The third-order valence-electron chi connectivity index (χ3n) is 3.66. The summed E-state index contributed by atoms with van der Waals surface area (Å²) in [6, 6.07) is 2.14. The topological polar surface area (TPSA) is 70.2 Å². The summed E-state index contributed by atoms with van der Waals surface area (Å²) in [5.74, 6) is 0. The normalized spacial score (nSPS) is 28.0. The Morgan fingerprint density at radius 2 is 2.56 bits per heavy atom. The number of H-pyrrole nitrogens is 1. The number of ether oxygens (including phenoxy) is 1. The molecule has 6 nitrogen and oxygen atoms in total. The van der Waals surface area contributed by atoms with E-state index >= 15 is 0 Å². The predicted octanol–water partition coefficient (Wildman–Crippen LogP) is 0.0450. The standard InChI is InChI=1S/C12H18N4O2/c17-12-4-9(5-14-15-12)13-6-11-7-16-3-1-2-10(16)8-18-11/h4-5,10-11H,1-3,6-8H2,(H2,13,15,17). The molecule has 0 amide bonds. The lowest BCUT2D eigenvalue weighted by Crippen LogP contribution is -2.48. The van der Waals surface area contributed by atoms with E-state index in [1.165, 1.54) is 25.5 Å². The van der Waals surface area contributed by atoms with Crippen molar-refractivity contribution in [2.75, 3.05) is 31.6 Å². The first kappa shape index (κ1) is 11.7. The quantitative estimate of drug-likeness (QED) is 0.793. The van der Waals surface area contributed by atoms with Crippen LogP contribution < -0.4 is 10.9 Å². The summed E-state index contributed by atoms with van der Waals surface area (Å²) in [4.78, 5) is 13.6. The van der Waals surface area contributed by atoms with Gasteiger partial charge in [-0.1, -0.05) is 0 Å². The molecule has 2 aliphatic heterocycles. The van der Waals surface area contributed by atoms with Crippen molar-refractivity contribution >= 4 is 5.69 Å². The Labute approximate surface area is 105 Å². The van der Waals surface area contributed by atoms with Crippen LogP contribution in [0, 0.1) is 0 Å². The molecule has 0 spiro atoms. The molecule has 2 N–H and O–H groups in total. The van der Waals surface area contributed by atoms with Crippen molar-refractivity contribution in [3.05, 3.63) is 22.6 Å². The van der Waals surface area contributed by atoms with Crippen LogP contribution in [-0.2, 0) is 4.74 Å². The molecule has 18 heavy (non-hydrogen) atoms. The van der Waals surface area contributed by atoms with Crippen LogP contribution in [0.2, 0.25) is 0 Å². The van der Waals surface area contributed by atoms with Crippen LogP contribution in [0.1, 0.15) is 12.8 Å². The molecule has 0 saturated carbocycles. The molecular weight excluding hydrogens is 232 g/mol. The lowest BCUT2D eigenvalue weighted by molar-refractivity contribution is -0.0415. The van der Waals surface area contributed by atoms with Gasteiger partial charge >= 0.3 is 0 Å². The molecule has 98 valence electrons. The lowest BCUT2D eigenvalue weighted by Gasteiger charge is -2.35. The molecule has 2 atom stereocenters. The van der Waals surface area contributed by atoms with Crippen LogP contribution in [0.5, 0.6) is 0 Å². The van der Waals surface area contributed by atoms with E-state index in [9.17, 15) is 4.79 Å². The van der Waals surface area contributed by atoms with Gasteiger partial charge in [0.15, 0.2) is 0 Å². The summed E-state index contributed by atoms with van der Waals surface area (Å²) < 4.78 is 5.83. The van der Waals surface area contributed by atoms with Gasteiger partial charge in [0.05, 0.1) is 24.6 Å². The first-order chi connectivity index (χ1) is 8.81. The predicted molar refractivity (Wildman–Crippen MR) is 67.7 cm³/mol. The van der Waals surface area contributed by atoms with E-state index < -0.39 is 0 Å². The monoisotopic (exact) mass is 250 g/mol. The summed E-state index contributed by atoms with van der Waals surface area (Å²) in [5, 5.41) is 9.31. The molecule has 0 bridgehead atoms. The number of morpholine rings is 1. The van der Waals surface area contributed by atoms with Crippen LogP contribution in [-0.4, -0.2) is 53.5 Å². The number of hydrogen-bond donors (Lipinski definition) is 2. The molecule has 2 fully saturated rings. The summed E-state index contributed by atoms with van der Waals surface area (Å²) >= 11 is 0.